The van der Waals surface area contributed by atoms with Crippen LogP contribution in [0.2, 0.25) is 0 Å². The molecular formula is C14H8F4N2O. The molecular weight excluding hydrogens is 288 g/mol. The summed E-state index contributed by atoms with van der Waals surface area (Å²) >= 11 is 0. The van der Waals surface area contributed by atoms with Crippen LogP contribution in [0.5, 0.6) is 0 Å². The third-order valence-corrected chi connectivity index (χ3v) is 2.83. The number of rotatable bonds is 2. The highest BCUT2D eigenvalue weighted by molar-refractivity contribution is 5.75. The second-order valence-electron chi connectivity index (χ2n) is 4.30. The topological polar surface area (TPSA) is 38.1 Å². The molecule has 7 heteroatoms. The maximum atomic E-state index is 13.6. The lowest BCUT2D eigenvalue weighted by molar-refractivity contribution is -0.137. The van der Waals surface area contributed by atoms with E-state index < -0.39 is 17.6 Å². The van der Waals surface area contributed by atoms with E-state index >= 15 is 0 Å². The van der Waals surface area contributed by atoms with Gasteiger partial charge in [-0.25, -0.2) is 4.39 Å². The lowest BCUT2D eigenvalue weighted by Gasteiger charge is -2.09. The summed E-state index contributed by atoms with van der Waals surface area (Å²) in [5.74, 6) is -0.828. The number of benzene rings is 2. The highest BCUT2D eigenvalue weighted by atomic mass is 19.4. The first-order valence-corrected chi connectivity index (χ1v) is 5.93. The molecule has 0 unspecified atom stereocenters. The molecule has 1 heterocycles. The molecule has 0 aliphatic carbocycles. The molecule has 0 aliphatic rings. The van der Waals surface area contributed by atoms with Crippen molar-refractivity contribution in [3.05, 3.63) is 53.8 Å². The van der Waals surface area contributed by atoms with Crippen LogP contribution in [0, 0.1) is 5.82 Å². The highest BCUT2D eigenvalue weighted by Gasteiger charge is 2.31. The molecule has 0 spiro atoms. The molecule has 3 aromatic rings. The van der Waals surface area contributed by atoms with E-state index in [1.54, 1.807) is 24.3 Å². The van der Waals surface area contributed by atoms with Gasteiger partial charge in [-0.2, -0.15) is 18.2 Å². The van der Waals surface area contributed by atoms with Crippen LogP contribution in [0.3, 0.4) is 0 Å². The Morgan fingerprint density at radius 2 is 1.81 bits per heavy atom. The molecule has 0 saturated carbocycles. The number of hydrogen-bond donors (Lipinski definition) is 1. The van der Waals surface area contributed by atoms with Crippen LogP contribution in [0.1, 0.15) is 5.56 Å². The third kappa shape index (κ3) is 2.67. The lowest BCUT2D eigenvalue weighted by atomic mass is 10.2. The standard InChI is InChI=1S/C14H8F4N2O/c15-9-6-5-8(14(16,17)18)7-11(9)20-13-19-10-3-1-2-4-12(10)21-13/h1-7H,(H,19,20). The largest absolute Gasteiger partial charge is 0.423 e. The van der Waals surface area contributed by atoms with Gasteiger partial charge in [0.2, 0.25) is 0 Å². The minimum Gasteiger partial charge on any atom is -0.423 e. The van der Waals surface area contributed by atoms with Crippen LogP contribution in [0.15, 0.2) is 46.9 Å². The number of fused-ring (bicyclic) bond motifs is 1. The van der Waals surface area contributed by atoms with E-state index in [4.69, 9.17) is 4.42 Å². The summed E-state index contributed by atoms with van der Waals surface area (Å²) in [5.41, 5.74) is -0.335. The molecule has 1 aromatic heterocycles. The van der Waals surface area contributed by atoms with Crippen LogP contribution in [-0.2, 0) is 6.18 Å². The number of para-hydroxylation sites is 2. The number of nitrogens with zero attached hydrogens (tertiary/aromatic N) is 1. The van der Waals surface area contributed by atoms with Crippen molar-refractivity contribution in [1.29, 1.82) is 0 Å². The van der Waals surface area contributed by atoms with E-state index in [0.717, 1.165) is 6.07 Å². The van der Waals surface area contributed by atoms with Crippen LogP contribution >= 0.6 is 0 Å². The minimum absolute atomic E-state index is 0.0746. The number of oxazole rings is 1. The zero-order chi connectivity index (χ0) is 15.0. The van der Waals surface area contributed by atoms with Gasteiger partial charge in [0.1, 0.15) is 11.3 Å². The Morgan fingerprint density at radius 1 is 1.05 bits per heavy atom. The third-order valence-electron chi connectivity index (χ3n) is 2.83. The molecule has 1 N–H and O–H groups in total. The van der Waals surface area contributed by atoms with Crippen molar-refractivity contribution in [2.24, 2.45) is 0 Å². The molecule has 0 atom stereocenters. The van der Waals surface area contributed by atoms with Gasteiger partial charge < -0.3 is 9.73 Å². The average molecular weight is 296 g/mol. The summed E-state index contributed by atoms with van der Waals surface area (Å²) in [6.07, 6.45) is -4.55. The Hall–Kier alpha value is -2.57. The number of hydrogen-bond acceptors (Lipinski definition) is 3. The normalized spacial score (nSPS) is 11.8. The molecule has 0 fully saturated rings. The minimum atomic E-state index is -4.55. The SMILES string of the molecule is Fc1ccc(C(F)(F)F)cc1Nc1nc2ccccc2o1. The quantitative estimate of drug-likeness (QED) is 0.695. The van der Waals surface area contributed by atoms with E-state index in [0.29, 0.717) is 23.2 Å². The van der Waals surface area contributed by atoms with Gasteiger partial charge in [-0.3, -0.25) is 0 Å². The Labute approximate surface area is 116 Å². The van der Waals surface area contributed by atoms with Crippen LogP contribution < -0.4 is 5.32 Å². The van der Waals surface area contributed by atoms with Crippen LogP contribution in [0.4, 0.5) is 29.3 Å². The fourth-order valence-electron chi connectivity index (χ4n) is 1.84. The van der Waals surface area contributed by atoms with Crippen molar-refractivity contribution in [3.63, 3.8) is 0 Å². The molecule has 0 aliphatic heterocycles. The fraction of sp³-hybridized carbons (Fsp3) is 0.0714. The average Bonchev–Trinajstić information content (AvgIpc) is 2.82. The molecule has 0 amide bonds. The highest BCUT2D eigenvalue weighted by Crippen LogP contribution is 2.33. The molecule has 21 heavy (non-hydrogen) atoms. The van der Waals surface area contributed by atoms with Crippen LogP contribution in [-0.4, -0.2) is 4.98 Å². The van der Waals surface area contributed by atoms with Crippen molar-refractivity contribution >= 4 is 22.8 Å². The van der Waals surface area contributed by atoms with Crippen molar-refractivity contribution < 1.29 is 22.0 Å². The first-order valence-electron chi connectivity index (χ1n) is 5.93. The van der Waals surface area contributed by atoms with E-state index in [-0.39, 0.29) is 11.7 Å². The second kappa shape index (κ2) is 4.76. The smallest absolute Gasteiger partial charge is 0.416 e. The zero-order valence-electron chi connectivity index (χ0n) is 10.4. The summed E-state index contributed by atoms with van der Waals surface area (Å²) in [5, 5.41) is 2.42. The molecule has 3 rings (SSSR count). The number of nitrogens with one attached hydrogen (secondary N) is 1. The number of anilines is 2. The maximum absolute atomic E-state index is 13.6. The number of halogens is 4. The molecule has 0 saturated heterocycles. The van der Waals surface area contributed by atoms with Crippen molar-refractivity contribution in [1.82, 2.24) is 4.98 Å². The monoisotopic (exact) mass is 296 g/mol. The van der Waals surface area contributed by atoms with Gasteiger partial charge >= 0.3 is 6.18 Å². The Bertz CT molecular complexity index is 762. The van der Waals surface area contributed by atoms with Gasteiger partial charge in [0.05, 0.1) is 11.3 Å². The van der Waals surface area contributed by atoms with E-state index in [9.17, 15) is 17.6 Å². The van der Waals surface area contributed by atoms with Gasteiger partial charge in [0.15, 0.2) is 5.58 Å². The molecule has 3 nitrogen and oxygen atoms in total. The molecule has 0 bridgehead atoms. The maximum Gasteiger partial charge on any atom is 0.416 e. The predicted molar refractivity (Wildman–Crippen MR) is 68.7 cm³/mol. The molecule has 108 valence electrons. The second-order valence-corrected chi connectivity index (χ2v) is 4.30. The van der Waals surface area contributed by atoms with Gasteiger partial charge in [-0.15, -0.1) is 0 Å². The number of alkyl halides is 3. The van der Waals surface area contributed by atoms with Crippen molar-refractivity contribution in [2.75, 3.05) is 5.32 Å². The van der Waals surface area contributed by atoms with E-state index in [1.165, 1.54) is 0 Å². The summed E-state index contributed by atoms with van der Waals surface area (Å²) in [6.45, 7) is 0. The first kappa shape index (κ1) is 13.4. The lowest BCUT2D eigenvalue weighted by Crippen LogP contribution is -2.06. The van der Waals surface area contributed by atoms with Gasteiger partial charge in [0, 0.05) is 0 Å². The summed E-state index contributed by atoms with van der Waals surface area (Å²) in [4.78, 5) is 4.02. The van der Waals surface area contributed by atoms with Crippen molar-refractivity contribution in [3.8, 4) is 0 Å². The van der Waals surface area contributed by atoms with Crippen molar-refractivity contribution in [2.45, 2.75) is 6.18 Å². The fourth-order valence-corrected chi connectivity index (χ4v) is 1.84. The zero-order valence-corrected chi connectivity index (χ0v) is 10.4. The Kier molecular flexibility index (Phi) is 3.04. The first-order chi connectivity index (χ1) is 9.93. The molecule has 2 aromatic carbocycles. The van der Waals surface area contributed by atoms with Gasteiger partial charge in [-0.05, 0) is 30.3 Å². The number of aromatic nitrogens is 1. The molecule has 0 radical (unpaired) electrons. The summed E-state index contributed by atoms with van der Waals surface area (Å²) < 4.78 is 56.7. The van der Waals surface area contributed by atoms with Crippen LogP contribution in [0.25, 0.3) is 11.1 Å². The Morgan fingerprint density at radius 3 is 2.52 bits per heavy atom. The van der Waals surface area contributed by atoms with Gasteiger partial charge in [0.25, 0.3) is 6.01 Å². The van der Waals surface area contributed by atoms with E-state index in [1.807, 2.05) is 0 Å². The summed E-state index contributed by atoms with van der Waals surface area (Å²) in [6, 6.07) is 8.80. The van der Waals surface area contributed by atoms with E-state index in [2.05, 4.69) is 10.3 Å². The predicted octanol–water partition coefficient (Wildman–Crippen LogP) is 4.73. The van der Waals surface area contributed by atoms with Gasteiger partial charge in [-0.1, -0.05) is 12.1 Å². The Balaban J connectivity index is 1.97. The summed E-state index contributed by atoms with van der Waals surface area (Å²) in [7, 11) is 0.